The molecule has 6 heteroatoms. The average molecular weight is 404 g/mol. The number of carbonyl (C=O) groups is 1. The Balaban J connectivity index is 1.43. The highest BCUT2D eigenvalue weighted by Gasteiger charge is 2.12. The molecule has 0 unspecified atom stereocenters. The summed E-state index contributed by atoms with van der Waals surface area (Å²) in [5.74, 6) is 2.04. The van der Waals surface area contributed by atoms with Gasteiger partial charge in [0, 0.05) is 30.1 Å². The lowest BCUT2D eigenvalue weighted by Crippen LogP contribution is -2.06. The van der Waals surface area contributed by atoms with E-state index in [1.54, 1.807) is 0 Å². The van der Waals surface area contributed by atoms with Crippen LogP contribution in [-0.4, -0.2) is 29.2 Å². The summed E-state index contributed by atoms with van der Waals surface area (Å²) in [5, 5.41) is 1.02. The molecule has 0 spiro atoms. The highest BCUT2D eigenvalue weighted by molar-refractivity contribution is 5.86. The molecular weight excluding hydrogens is 380 g/mol. The van der Waals surface area contributed by atoms with Crippen molar-refractivity contribution in [2.75, 3.05) is 13.7 Å². The van der Waals surface area contributed by atoms with Crippen LogP contribution in [-0.2, 0) is 22.5 Å². The van der Waals surface area contributed by atoms with Gasteiger partial charge < -0.3 is 18.5 Å². The SMILES string of the molecule is COC(=O)CCn1ccc2c(OCCc3nc(-c4ccccc4)oc3C)cccc21. The van der Waals surface area contributed by atoms with Crippen LogP contribution in [0.15, 0.2) is 65.2 Å². The fourth-order valence-corrected chi connectivity index (χ4v) is 3.45. The lowest BCUT2D eigenvalue weighted by Gasteiger charge is -2.08. The molecule has 0 amide bonds. The number of rotatable bonds is 8. The van der Waals surface area contributed by atoms with Gasteiger partial charge in [-0.2, -0.15) is 0 Å². The Morgan fingerprint density at radius 3 is 2.73 bits per heavy atom. The smallest absolute Gasteiger partial charge is 0.307 e. The number of nitrogens with zero attached hydrogens (tertiary/aromatic N) is 2. The van der Waals surface area contributed by atoms with Crippen LogP contribution < -0.4 is 4.74 Å². The van der Waals surface area contributed by atoms with E-state index in [0.29, 0.717) is 31.9 Å². The fraction of sp³-hybridized carbons (Fsp3) is 0.250. The van der Waals surface area contributed by atoms with Crippen LogP contribution in [0.4, 0.5) is 0 Å². The third kappa shape index (κ3) is 4.22. The van der Waals surface area contributed by atoms with Crippen LogP contribution in [0.1, 0.15) is 17.9 Å². The molecule has 30 heavy (non-hydrogen) atoms. The van der Waals surface area contributed by atoms with Crippen molar-refractivity contribution >= 4 is 16.9 Å². The van der Waals surface area contributed by atoms with Crippen LogP contribution in [0.3, 0.4) is 0 Å². The Bertz CT molecular complexity index is 1140. The number of methoxy groups -OCH3 is 1. The summed E-state index contributed by atoms with van der Waals surface area (Å²) in [5.41, 5.74) is 2.89. The highest BCUT2D eigenvalue weighted by Crippen LogP contribution is 2.27. The monoisotopic (exact) mass is 404 g/mol. The van der Waals surface area contributed by atoms with Crippen molar-refractivity contribution in [2.24, 2.45) is 0 Å². The quantitative estimate of drug-likeness (QED) is 0.395. The number of esters is 1. The second-order valence-electron chi connectivity index (χ2n) is 7.01. The maximum absolute atomic E-state index is 11.4. The topological polar surface area (TPSA) is 66.5 Å². The van der Waals surface area contributed by atoms with Crippen molar-refractivity contribution in [1.82, 2.24) is 9.55 Å². The molecule has 4 aromatic rings. The first-order valence-electron chi connectivity index (χ1n) is 9.95. The molecule has 0 fully saturated rings. The van der Waals surface area contributed by atoms with Crippen LogP contribution in [0.5, 0.6) is 5.75 Å². The predicted octanol–water partition coefficient (Wildman–Crippen LogP) is 4.79. The summed E-state index contributed by atoms with van der Waals surface area (Å²) in [6.45, 7) is 2.99. The van der Waals surface area contributed by atoms with Crippen LogP contribution in [0, 0.1) is 6.92 Å². The molecule has 2 aromatic heterocycles. The fourth-order valence-electron chi connectivity index (χ4n) is 3.45. The van der Waals surface area contributed by atoms with Gasteiger partial charge in [0.15, 0.2) is 0 Å². The third-order valence-corrected chi connectivity index (χ3v) is 5.07. The Morgan fingerprint density at radius 2 is 1.93 bits per heavy atom. The van der Waals surface area contributed by atoms with Gasteiger partial charge in [0.2, 0.25) is 5.89 Å². The zero-order valence-electron chi connectivity index (χ0n) is 17.1. The van der Waals surface area contributed by atoms with Gasteiger partial charge in [0.1, 0.15) is 11.5 Å². The molecule has 154 valence electrons. The number of oxazole rings is 1. The number of carbonyl (C=O) groups excluding carboxylic acids is 1. The van der Waals surface area contributed by atoms with Crippen molar-refractivity contribution in [3.8, 4) is 17.2 Å². The number of aromatic nitrogens is 2. The molecular formula is C24H24N2O4. The van der Waals surface area contributed by atoms with E-state index < -0.39 is 0 Å². The lowest BCUT2D eigenvalue weighted by molar-refractivity contribution is -0.140. The Labute approximate surface area is 175 Å². The minimum absolute atomic E-state index is 0.220. The summed E-state index contributed by atoms with van der Waals surface area (Å²) in [4.78, 5) is 16.1. The molecule has 0 aliphatic rings. The molecule has 0 atom stereocenters. The number of aryl methyl sites for hydroxylation is 2. The van der Waals surface area contributed by atoms with Gasteiger partial charge in [-0.25, -0.2) is 4.98 Å². The standard InChI is InChI=1S/C24H24N2O4/c1-17-20(25-24(30-17)18-7-4-3-5-8-18)13-16-29-22-10-6-9-21-19(22)11-14-26(21)15-12-23(27)28-2/h3-11,14H,12-13,15-16H2,1-2H3. The number of hydrogen-bond acceptors (Lipinski definition) is 5. The molecule has 0 bridgehead atoms. The molecule has 0 N–H and O–H groups in total. The Kier molecular flexibility index (Phi) is 5.84. The second kappa shape index (κ2) is 8.86. The molecule has 0 radical (unpaired) electrons. The first-order valence-corrected chi connectivity index (χ1v) is 9.95. The zero-order valence-corrected chi connectivity index (χ0v) is 17.1. The van der Waals surface area contributed by atoms with E-state index in [4.69, 9.17) is 13.9 Å². The van der Waals surface area contributed by atoms with E-state index in [2.05, 4.69) is 4.98 Å². The molecule has 2 aromatic carbocycles. The van der Waals surface area contributed by atoms with Gasteiger partial charge in [0.25, 0.3) is 0 Å². The van der Waals surface area contributed by atoms with Gasteiger partial charge in [-0.1, -0.05) is 24.3 Å². The number of ether oxygens (including phenoxy) is 2. The van der Waals surface area contributed by atoms with Crippen LogP contribution in [0.25, 0.3) is 22.4 Å². The van der Waals surface area contributed by atoms with E-state index in [0.717, 1.165) is 33.7 Å². The van der Waals surface area contributed by atoms with E-state index in [1.165, 1.54) is 7.11 Å². The second-order valence-corrected chi connectivity index (χ2v) is 7.01. The van der Waals surface area contributed by atoms with Crippen LogP contribution >= 0.6 is 0 Å². The molecule has 6 nitrogen and oxygen atoms in total. The number of hydrogen-bond donors (Lipinski definition) is 0. The minimum Gasteiger partial charge on any atom is -0.492 e. The molecule has 0 saturated carbocycles. The summed E-state index contributed by atoms with van der Waals surface area (Å²) in [6, 6.07) is 17.8. The highest BCUT2D eigenvalue weighted by atomic mass is 16.5. The van der Waals surface area contributed by atoms with E-state index in [1.807, 2.05) is 72.3 Å². The lowest BCUT2D eigenvalue weighted by atomic mass is 10.2. The van der Waals surface area contributed by atoms with E-state index in [9.17, 15) is 4.79 Å². The summed E-state index contributed by atoms with van der Waals surface area (Å²) >= 11 is 0. The van der Waals surface area contributed by atoms with Gasteiger partial charge >= 0.3 is 5.97 Å². The zero-order chi connectivity index (χ0) is 20.9. The summed E-state index contributed by atoms with van der Waals surface area (Å²) in [7, 11) is 1.40. The molecule has 0 saturated heterocycles. The number of fused-ring (bicyclic) bond motifs is 1. The summed E-state index contributed by atoms with van der Waals surface area (Å²) in [6.07, 6.45) is 2.95. The summed E-state index contributed by atoms with van der Waals surface area (Å²) < 4.78 is 18.7. The minimum atomic E-state index is -0.220. The predicted molar refractivity (Wildman–Crippen MR) is 114 cm³/mol. The first kappa shape index (κ1) is 19.8. The maximum atomic E-state index is 11.4. The third-order valence-electron chi connectivity index (χ3n) is 5.07. The first-order chi connectivity index (χ1) is 14.7. The van der Waals surface area contributed by atoms with Gasteiger partial charge in [0.05, 0.1) is 31.3 Å². The molecule has 0 aliphatic heterocycles. The molecule has 0 aliphatic carbocycles. The van der Waals surface area contributed by atoms with Crippen molar-refractivity contribution in [3.63, 3.8) is 0 Å². The van der Waals surface area contributed by atoms with Crippen molar-refractivity contribution in [1.29, 1.82) is 0 Å². The molecule has 4 rings (SSSR count). The van der Waals surface area contributed by atoms with Crippen molar-refractivity contribution in [3.05, 3.63) is 72.2 Å². The largest absolute Gasteiger partial charge is 0.492 e. The van der Waals surface area contributed by atoms with Crippen molar-refractivity contribution < 1.29 is 18.7 Å². The van der Waals surface area contributed by atoms with Gasteiger partial charge in [-0.15, -0.1) is 0 Å². The Morgan fingerprint density at radius 1 is 1.10 bits per heavy atom. The van der Waals surface area contributed by atoms with Crippen LogP contribution in [0.2, 0.25) is 0 Å². The maximum Gasteiger partial charge on any atom is 0.307 e. The number of benzene rings is 2. The molecule has 2 heterocycles. The van der Waals surface area contributed by atoms with Gasteiger partial charge in [-0.3, -0.25) is 4.79 Å². The van der Waals surface area contributed by atoms with E-state index in [-0.39, 0.29) is 5.97 Å². The van der Waals surface area contributed by atoms with Crippen molar-refractivity contribution in [2.45, 2.75) is 26.3 Å². The average Bonchev–Trinajstić information content (AvgIpc) is 3.36. The van der Waals surface area contributed by atoms with Gasteiger partial charge in [-0.05, 0) is 37.3 Å². The Hall–Kier alpha value is -3.54. The normalized spacial score (nSPS) is 11.0. The van der Waals surface area contributed by atoms with E-state index >= 15 is 0 Å².